The van der Waals surface area contributed by atoms with E-state index in [-0.39, 0.29) is 0 Å². The lowest BCUT2D eigenvalue weighted by Gasteiger charge is -2.08. The molecule has 660 valence electrons. The molecule has 0 saturated heterocycles. The molecule has 0 aliphatic carbocycles. The standard InChI is InChI=1S/6C16H31N3/c2*1-14(2)9-6-5-7-12-19-16(13-17-18-19)11-8-10-15(3)4;2*1-14(2)9-7-5-6-8-12-19-16(13-17-18-19)11-10-15(3)4;2*1-14(2)9-7-5-6-8-10-16-13-19(18-17-16)12-11-15(3)4/h6*13-15H,5-12H2,1-4H3. The smallest absolute Gasteiger partial charge is 0.0827 e. The van der Waals surface area contributed by atoms with Crippen molar-refractivity contribution in [1.82, 2.24) is 90.0 Å². The van der Waals surface area contributed by atoms with Gasteiger partial charge in [-0.2, -0.15) is 0 Å². The average molecular weight is 1590 g/mol. The summed E-state index contributed by atoms with van der Waals surface area (Å²) in [6, 6.07) is 0. The molecule has 0 N–H and O–H groups in total. The van der Waals surface area contributed by atoms with Crippen molar-refractivity contribution >= 4 is 0 Å². The molecule has 0 saturated carbocycles. The van der Waals surface area contributed by atoms with Crippen molar-refractivity contribution in [2.45, 2.75) is 475 Å². The SMILES string of the molecule is CC(C)CCCCCCc1cn(CCC(C)C)nn1.CC(C)CCCCCCc1cn(CCC(C)C)nn1.CC(C)CCCCCCn1nncc1CCC(C)C.CC(C)CCCCCCn1nncc1CCC(C)C.CC(C)CCCCCn1nncc1CCCC(C)C.CC(C)CCCCCn1nncc1CCCC(C)C. The zero-order valence-electron chi connectivity index (χ0n) is 79.4. The van der Waals surface area contributed by atoms with E-state index in [1.807, 2.05) is 34.2 Å². The minimum Gasteiger partial charge on any atom is -0.252 e. The molecular formula is C96H186N18. The Morgan fingerprint density at radius 1 is 0.193 bits per heavy atom. The molecule has 0 spiro atoms. The normalized spacial score (nSPS) is 11.7. The van der Waals surface area contributed by atoms with Gasteiger partial charge in [-0.3, -0.25) is 9.36 Å². The molecule has 114 heavy (non-hydrogen) atoms. The van der Waals surface area contributed by atoms with Crippen molar-refractivity contribution in [3.05, 3.63) is 71.3 Å². The van der Waals surface area contributed by atoms with Crippen LogP contribution in [0.5, 0.6) is 0 Å². The predicted molar refractivity (Wildman–Crippen MR) is 487 cm³/mol. The number of aryl methyl sites for hydroxylation is 12. The summed E-state index contributed by atoms with van der Waals surface area (Å²) in [5.74, 6) is 9.59. The Morgan fingerprint density at radius 2 is 0.404 bits per heavy atom. The van der Waals surface area contributed by atoms with Gasteiger partial charge in [-0.1, -0.05) is 352 Å². The molecule has 0 unspecified atom stereocenters. The Kier molecular flexibility index (Phi) is 65.4. The van der Waals surface area contributed by atoms with Crippen molar-refractivity contribution in [3.63, 3.8) is 0 Å². The van der Waals surface area contributed by atoms with E-state index in [0.29, 0.717) is 0 Å². The molecule has 6 aromatic heterocycles. The molecule has 0 aliphatic heterocycles. The Morgan fingerprint density at radius 3 is 0.649 bits per heavy atom. The van der Waals surface area contributed by atoms with Gasteiger partial charge < -0.3 is 0 Å². The highest BCUT2D eigenvalue weighted by Crippen LogP contribution is 2.20. The summed E-state index contributed by atoms with van der Waals surface area (Å²) in [5, 5.41) is 50.0. The third-order valence-electron chi connectivity index (χ3n) is 21.3. The van der Waals surface area contributed by atoms with E-state index < -0.39 is 0 Å². The molecule has 0 atom stereocenters. The molecule has 0 fully saturated rings. The summed E-state index contributed by atoms with van der Waals surface area (Å²) >= 11 is 0. The molecule has 6 heterocycles. The van der Waals surface area contributed by atoms with Crippen LogP contribution in [-0.4, -0.2) is 90.0 Å². The minimum atomic E-state index is 0.730. The fourth-order valence-electron chi connectivity index (χ4n) is 13.5. The van der Waals surface area contributed by atoms with Gasteiger partial charge in [0.2, 0.25) is 0 Å². The van der Waals surface area contributed by atoms with Crippen molar-refractivity contribution in [2.75, 3.05) is 0 Å². The largest absolute Gasteiger partial charge is 0.252 e. The number of hydrogen-bond acceptors (Lipinski definition) is 12. The van der Waals surface area contributed by atoms with Crippen LogP contribution in [0.2, 0.25) is 0 Å². The fourth-order valence-corrected chi connectivity index (χ4v) is 13.5. The van der Waals surface area contributed by atoms with E-state index in [9.17, 15) is 0 Å². The Bertz CT molecular complexity index is 2800. The maximum absolute atomic E-state index is 4.25. The molecule has 0 bridgehead atoms. The van der Waals surface area contributed by atoms with Gasteiger partial charge in [-0.05, 0) is 187 Å². The molecule has 6 rings (SSSR count). The van der Waals surface area contributed by atoms with E-state index in [1.165, 1.54) is 254 Å². The second kappa shape index (κ2) is 69.8. The first-order chi connectivity index (χ1) is 54.5. The van der Waals surface area contributed by atoms with Gasteiger partial charge in [0, 0.05) is 51.7 Å². The van der Waals surface area contributed by atoms with E-state index in [2.05, 4.69) is 259 Å². The highest BCUT2D eigenvalue weighted by Gasteiger charge is 2.12. The lowest BCUT2D eigenvalue weighted by Crippen LogP contribution is -2.06. The summed E-state index contributed by atoms with van der Waals surface area (Å²) in [4.78, 5) is 0. The van der Waals surface area contributed by atoms with Gasteiger partial charge in [0.25, 0.3) is 0 Å². The van der Waals surface area contributed by atoms with E-state index in [4.69, 9.17) is 0 Å². The molecule has 0 amide bonds. The maximum Gasteiger partial charge on any atom is 0.0827 e. The molecule has 0 radical (unpaired) electrons. The van der Waals surface area contributed by atoms with Crippen molar-refractivity contribution in [3.8, 4) is 0 Å². The topological polar surface area (TPSA) is 184 Å². The van der Waals surface area contributed by atoms with Crippen LogP contribution < -0.4 is 0 Å². The summed E-state index contributed by atoms with van der Waals surface area (Å²) in [5.41, 5.74) is 7.54. The summed E-state index contributed by atoms with van der Waals surface area (Å²) in [7, 11) is 0. The van der Waals surface area contributed by atoms with Crippen LogP contribution in [0.1, 0.15) is 431 Å². The Hall–Kier alpha value is -5.16. The van der Waals surface area contributed by atoms with Gasteiger partial charge in [0.05, 0.1) is 59.0 Å². The van der Waals surface area contributed by atoms with E-state index >= 15 is 0 Å². The quantitative estimate of drug-likeness (QED) is 0.0330. The fraction of sp³-hybridized carbons (Fsp3) is 0.875. The third kappa shape index (κ3) is 63.9. The summed E-state index contributed by atoms with van der Waals surface area (Å²) < 4.78 is 12.4. The lowest BCUT2D eigenvalue weighted by molar-refractivity contribution is 0.474. The van der Waals surface area contributed by atoms with E-state index in [0.717, 1.165) is 160 Å². The van der Waals surface area contributed by atoms with Gasteiger partial charge in [-0.25, -0.2) is 18.7 Å². The monoisotopic (exact) mass is 1590 g/mol. The molecule has 0 aliphatic rings. The number of unbranched alkanes of at least 4 members (excludes halogenated alkanes) is 16. The zero-order valence-corrected chi connectivity index (χ0v) is 79.4. The van der Waals surface area contributed by atoms with Crippen molar-refractivity contribution in [2.24, 2.45) is 71.0 Å². The lowest BCUT2D eigenvalue weighted by atomic mass is 10.0. The summed E-state index contributed by atoms with van der Waals surface area (Å²) in [6.07, 6.45) is 65.6. The van der Waals surface area contributed by atoms with Gasteiger partial charge in [0.15, 0.2) is 0 Å². The number of nitrogens with zero attached hydrogens (tertiary/aromatic N) is 18. The number of rotatable bonds is 60. The molecule has 6 aromatic rings. The van der Waals surface area contributed by atoms with Crippen LogP contribution >= 0.6 is 0 Å². The first-order valence-electron chi connectivity index (χ1n) is 47.8. The summed E-state index contributed by atoms with van der Waals surface area (Å²) in [6.45, 7) is 60.9. The molecule has 18 nitrogen and oxygen atoms in total. The zero-order chi connectivity index (χ0) is 84.5. The highest BCUT2D eigenvalue weighted by atomic mass is 15.4. The number of hydrogen-bond donors (Lipinski definition) is 0. The van der Waals surface area contributed by atoms with Crippen LogP contribution in [-0.2, 0) is 77.8 Å². The first kappa shape index (κ1) is 107. The first-order valence-corrected chi connectivity index (χ1v) is 47.8. The van der Waals surface area contributed by atoms with Gasteiger partial charge >= 0.3 is 0 Å². The van der Waals surface area contributed by atoms with Crippen LogP contribution in [0.25, 0.3) is 0 Å². The van der Waals surface area contributed by atoms with Gasteiger partial charge in [-0.15, -0.1) is 30.6 Å². The highest BCUT2D eigenvalue weighted by molar-refractivity contribution is 4.98. The number of aromatic nitrogens is 18. The van der Waals surface area contributed by atoms with Gasteiger partial charge in [0.1, 0.15) is 0 Å². The average Bonchev–Trinajstić information content (AvgIpc) is 1.79. The second-order valence-electron chi connectivity index (χ2n) is 38.9. The van der Waals surface area contributed by atoms with Crippen LogP contribution in [0.3, 0.4) is 0 Å². The molecule has 0 aromatic carbocycles. The Labute approximate surface area is 703 Å². The second-order valence-corrected chi connectivity index (χ2v) is 38.9. The third-order valence-corrected chi connectivity index (χ3v) is 21.3. The molecule has 18 heteroatoms. The van der Waals surface area contributed by atoms with E-state index in [1.54, 1.807) is 0 Å². The van der Waals surface area contributed by atoms with Crippen LogP contribution in [0.15, 0.2) is 37.2 Å². The van der Waals surface area contributed by atoms with Crippen molar-refractivity contribution in [1.29, 1.82) is 0 Å². The predicted octanol–water partition coefficient (Wildman–Crippen LogP) is 26.8. The van der Waals surface area contributed by atoms with Crippen LogP contribution in [0.4, 0.5) is 0 Å². The van der Waals surface area contributed by atoms with Crippen LogP contribution in [0, 0.1) is 71.0 Å². The van der Waals surface area contributed by atoms with Crippen molar-refractivity contribution < 1.29 is 0 Å². The molecular weight excluding hydrogens is 1410 g/mol. The Balaban J connectivity index is 0.000000684. The maximum atomic E-state index is 4.25. The minimum absolute atomic E-state index is 0.730.